The summed E-state index contributed by atoms with van der Waals surface area (Å²) in [7, 11) is -4.65. The number of carbonyl (C=O) groups is 3. The maximum atomic E-state index is 12.6. The van der Waals surface area contributed by atoms with E-state index >= 15 is 0 Å². The van der Waals surface area contributed by atoms with Crippen LogP contribution >= 0.6 is 11.3 Å². The molecule has 16 heteroatoms. The monoisotopic (exact) mass is 642 g/mol. The Balaban J connectivity index is 0.00000294. The number of unbranched alkanes of at least 4 members (excludes halogenated alkanes) is 2. The molecule has 1 aliphatic heterocycles. The van der Waals surface area contributed by atoms with E-state index in [1.54, 1.807) is 18.2 Å². The maximum absolute atomic E-state index is 12.6. The molecule has 1 aliphatic rings. The molecule has 0 aliphatic carbocycles. The average Bonchev–Trinajstić information content (AvgIpc) is 3.50. The first-order valence-corrected chi connectivity index (χ1v) is 14.5. The number of benzene rings is 1. The first kappa shape index (κ1) is 39.5. The molecule has 42 heavy (non-hydrogen) atoms. The number of carbonyl (C=O) groups excluding carboxylic acids is 3. The molecule has 0 saturated carbocycles. The molecule has 0 spiro atoms. The number of anilines is 1. The minimum atomic E-state index is -4.65. The minimum absolute atomic E-state index is 0. The van der Waals surface area contributed by atoms with E-state index in [1.807, 2.05) is 6.07 Å². The predicted molar refractivity (Wildman–Crippen MR) is 140 cm³/mol. The summed E-state index contributed by atoms with van der Waals surface area (Å²) in [5.74, 6) is -1.63. The topological polar surface area (TPSA) is 154 Å². The number of hydrogen-bond acceptors (Lipinski definition) is 11. The summed E-state index contributed by atoms with van der Waals surface area (Å²) in [6.07, 6.45) is 2.79. The van der Waals surface area contributed by atoms with Crippen LogP contribution in [0.25, 0.3) is 21.4 Å². The quantitative estimate of drug-likeness (QED) is 0.0467. The summed E-state index contributed by atoms with van der Waals surface area (Å²) in [5.41, 5.74) is 0.592. The van der Waals surface area contributed by atoms with Gasteiger partial charge >= 0.3 is 94.6 Å². The van der Waals surface area contributed by atoms with Gasteiger partial charge in [-0.15, -0.1) is 11.1 Å². The van der Waals surface area contributed by atoms with E-state index in [9.17, 15) is 32.1 Å². The molecule has 3 heterocycles. The van der Waals surface area contributed by atoms with Gasteiger partial charge in [0.15, 0.2) is 0 Å². The molecule has 208 valence electrons. The van der Waals surface area contributed by atoms with Crippen LogP contribution in [0, 0.1) is 13.0 Å². The molecule has 1 aromatic carbocycles. The van der Waals surface area contributed by atoms with Gasteiger partial charge in [-0.2, -0.15) is 12.5 Å². The molecule has 0 atom stereocenters. The van der Waals surface area contributed by atoms with Crippen molar-refractivity contribution in [1.29, 1.82) is 0 Å². The van der Waals surface area contributed by atoms with Crippen molar-refractivity contribution >= 4 is 55.9 Å². The Bertz CT molecular complexity index is 1560. The molecule has 4 rings (SSSR count). The third-order valence-corrected chi connectivity index (χ3v) is 8.37. The molecule has 1 fully saturated rings. The smallest absolute Gasteiger partial charge is 0.753 e. The molecule has 0 radical (unpaired) electrons. The van der Waals surface area contributed by atoms with E-state index in [0.717, 1.165) is 18.2 Å². The van der Waals surface area contributed by atoms with Crippen molar-refractivity contribution < 1.29 is 125 Å². The molecule has 0 unspecified atom stereocenters. The van der Waals surface area contributed by atoms with Crippen LogP contribution in [0.5, 0.6) is 0 Å². The third-order valence-electron chi connectivity index (χ3n) is 6.04. The van der Waals surface area contributed by atoms with Crippen LogP contribution in [-0.2, 0) is 29.3 Å². The van der Waals surface area contributed by atoms with Crippen molar-refractivity contribution in [2.45, 2.75) is 49.2 Å². The zero-order valence-corrected chi connectivity index (χ0v) is 31.5. The second-order valence-corrected chi connectivity index (χ2v) is 11.5. The number of imide groups is 1. The van der Waals surface area contributed by atoms with Gasteiger partial charge in [-0.05, 0) is 31.0 Å². The molecule has 0 N–H and O–H groups in total. The van der Waals surface area contributed by atoms with E-state index in [-0.39, 0.29) is 118 Å². The van der Waals surface area contributed by atoms with Gasteiger partial charge in [-0.1, -0.05) is 23.4 Å². The summed E-state index contributed by atoms with van der Waals surface area (Å²) in [6, 6.07) is 10.7. The fraction of sp³-hybridized carbons (Fsp3) is 0.346. The second-order valence-electron chi connectivity index (χ2n) is 8.86. The fourth-order valence-electron chi connectivity index (χ4n) is 4.11. The van der Waals surface area contributed by atoms with Gasteiger partial charge < -0.3 is 25.6 Å². The third kappa shape index (κ3) is 10.2. The number of hydroxylamine groups is 2. The summed E-state index contributed by atoms with van der Waals surface area (Å²) in [4.78, 5) is 54.8. The largest absolute Gasteiger partial charge is 1.00 e. The van der Waals surface area contributed by atoms with Crippen LogP contribution < -0.4 is 99.2 Å². The Morgan fingerprint density at radius 1 is 1.07 bits per heavy atom. The standard InChI is InChI=1S/C26H26N2O9S2.3Na/c1-2-13-27(14-5-3-4-6-24(31)37-28-22(29)10-11-23(28)30)18-8-7-17-15-19(26(32)36-20(17)16-18)21-9-12-25(38-21)39(33,34)35;;;/h7-8,12,15-16H,1-6,10-11,13-14H2,(H,33,34,35);;;/q-2;3*+1/p-1. The van der Waals surface area contributed by atoms with E-state index < -0.39 is 37.7 Å². The minimum Gasteiger partial charge on any atom is -0.753 e. The number of amides is 2. The van der Waals surface area contributed by atoms with Gasteiger partial charge in [0, 0.05) is 47.2 Å². The van der Waals surface area contributed by atoms with Gasteiger partial charge in [-0.3, -0.25) is 14.4 Å². The first-order chi connectivity index (χ1) is 18.6. The van der Waals surface area contributed by atoms with Crippen molar-refractivity contribution in [3.63, 3.8) is 0 Å². The van der Waals surface area contributed by atoms with Crippen LogP contribution in [0.3, 0.4) is 0 Å². The van der Waals surface area contributed by atoms with Crippen LogP contribution in [-0.4, -0.2) is 48.9 Å². The molecule has 2 amide bonds. The molecular weight excluding hydrogens is 617 g/mol. The van der Waals surface area contributed by atoms with Crippen molar-refractivity contribution in [3.8, 4) is 10.4 Å². The van der Waals surface area contributed by atoms with Crippen molar-refractivity contribution in [1.82, 2.24) is 5.06 Å². The van der Waals surface area contributed by atoms with E-state index in [2.05, 4.69) is 17.9 Å². The Kier molecular flexibility index (Phi) is 16.7. The number of fused-ring (bicyclic) bond motifs is 1. The second kappa shape index (κ2) is 17.8. The Morgan fingerprint density at radius 3 is 2.38 bits per heavy atom. The number of hydrogen-bond donors (Lipinski definition) is 0. The van der Waals surface area contributed by atoms with Gasteiger partial charge in [0.1, 0.15) is 5.58 Å². The molecule has 2 aromatic heterocycles. The van der Waals surface area contributed by atoms with E-state index in [0.29, 0.717) is 59.7 Å². The zero-order valence-electron chi connectivity index (χ0n) is 23.8. The van der Waals surface area contributed by atoms with E-state index in [4.69, 9.17) is 9.25 Å². The first-order valence-electron chi connectivity index (χ1n) is 12.2. The molecule has 1 saturated heterocycles. The SMILES string of the molecule is [CH2-]CCN(CCCCCC(=O)ON1C(=O)CCC1=O)c1ccc2cc(-c3[c-]cc(S(=O)(=O)[O-])s3)c(=O)oc2c1.[Na+].[Na+].[Na+]. The summed E-state index contributed by atoms with van der Waals surface area (Å²) < 4.78 is 38.8. The molecule has 3 aromatic rings. The van der Waals surface area contributed by atoms with Crippen molar-refractivity contribution in [3.05, 3.63) is 53.7 Å². The Hall–Kier alpha value is -0.550. The summed E-state index contributed by atoms with van der Waals surface area (Å²) >= 11 is 0.661. The van der Waals surface area contributed by atoms with Gasteiger partial charge in [0.05, 0.1) is 10.1 Å². The van der Waals surface area contributed by atoms with Crippen molar-refractivity contribution in [2.75, 3.05) is 18.0 Å². The fourth-order valence-corrected chi connectivity index (χ4v) is 5.66. The maximum Gasteiger partial charge on any atom is 1.00 e. The van der Waals surface area contributed by atoms with Crippen LogP contribution in [0.2, 0.25) is 0 Å². The van der Waals surface area contributed by atoms with Crippen LogP contribution in [0.4, 0.5) is 5.69 Å². The number of thiophene rings is 1. The van der Waals surface area contributed by atoms with Crippen LogP contribution in [0.1, 0.15) is 44.9 Å². The van der Waals surface area contributed by atoms with Gasteiger partial charge in [0.2, 0.25) is 0 Å². The normalized spacial score (nSPS) is 12.9. The number of nitrogens with zero attached hydrogens (tertiary/aromatic N) is 2. The van der Waals surface area contributed by atoms with Gasteiger partial charge in [0.25, 0.3) is 17.4 Å². The summed E-state index contributed by atoms with van der Waals surface area (Å²) in [5, 5.41) is 1.16. The Morgan fingerprint density at radius 2 is 1.76 bits per heavy atom. The summed E-state index contributed by atoms with van der Waals surface area (Å²) in [6.45, 7) is 5.21. The molecular formula is C26H25N2Na3O9S2. The Labute approximate surface area is 313 Å². The van der Waals surface area contributed by atoms with E-state index in [1.165, 1.54) is 0 Å². The molecule has 11 nitrogen and oxygen atoms in total. The zero-order chi connectivity index (χ0) is 28.2. The molecule has 0 bridgehead atoms. The average molecular weight is 643 g/mol. The van der Waals surface area contributed by atoms with Crippen LogP contribution in [0.15, 0.2) is 43.8 Å². The predicted octanol–water partition coefficient (Wildman–Crippen LogP) is -5.56. The van der Waals surface area contributed by atoms with Gasteiger partial charge in [-0.25, -0.2) is 24.5 Å². The van der Waals surface area contributed by atoms with Crippen molar-refractivity contribution in [2.24, 2.45) is 0 Å². The number of rotatable bonds is 12.